The summed E-state index contributed by atoms with van der Waals surface area (Å²) in [6.07, 6.45) is 6.82. The first-order valence-corrected chi connectivity index (χ1v) is 11.5. The van der Waals surface area contributed by atoms with Crippen LogP contribution in [0.2, 0.25) is 0 Å². The highest BCUT2D eigenvalue weighted by Gasteiger charge is 2.29. The third-order valence-corrected chi connectivity index (χ3v) is 7.43. The number of fused-ring (bicyclic) bond motifs is 3. The predicted octanol–water partition coefficient (Wildman–Crippen LogP) is 4.83. The van der Waals surface area contributed by atoms with Crippen LogP contribution in [0.3, 0.4) is 0 Å². The van der Waals surface area contributed by atoms with Gasteiger partial charge in [-0.1, -0.05) is 27.9 Å². The first-order chi connectivity index (χ1) is 13.6. The first-order valence-electron chi connectivity index (χ1n) is 9.88. The molecule has 0 bridgehead atoms. The number of nitrogens with one attached hydrogen (secondary N) is 2. The van der Waals surface area contributed by atoms with Crippen LogP contribution < -0.4 is 10.9 Å². The Kier molecular flexibility index (Phi) is 4.85. The number of aromatic nitrogens is 2. The molecule has 3 aromatic rings. The van der Waals surface area contributed by atoms with E-state index >= 15 is 0 Å². The Morgan fingerprint density at radius 2 is 2.14 bits per heavy atom. The molecule has 0 spiro atoms. The number of pyridine rings is 2. The summed E-state index contributed by atoms with van der Waals surface area (Å²) in [5, 5.41) is 7.15. The van der Waals surface area contributed by atoms with E-state index in [1.807, 2.05) is 31.0 Å². The van der Waals surface area contributed by atoms with Crippen LogP contribution in [-0.2, 0) is 0 Å². The molecular formula is C21H23BrN4OS. The van der Waals surface area contributed by atoms with Crippen molar-refractivity contribution >= 4 is 55.4 Å². The molecule has 1 aliphatic heterocycles. The molecule has 1 unspecified atom stereocenters. The maximum absolute atomic E-state index is 12.6. The largest absolute Gasteiger partial charge is 0.365 e. The number of halogens is 1. The molecule has 2 aliphatic rings. The zero-order valence-electron chi connectivity index (χ0n) is 15.8. The Morgan fingerprint density at radius 3 is 2.96 bits per heavy atom. The van der Waals surface area contributed by atoms with Gasteiger partial charge in [-0.25, -0.2) is 9.29 Å². The van der Waals surface area contributed by atoms with E-state index in [0.717, 1.165) is 50.4 Å². The van der Waals surface area contributed by atoms with Gasteiger partial charge in [0.1, 0.15) is 5.82 Å². The highest BCUT2D eigenvalue weighted by atomic mass is 79.9. The van der Waals surface area contributed by atoms with Crippen molar-refractivity contribution in [3.8, 4) is 0 Å². The molecule has 2 fully saturated rings. The van der Waals surface area contributed by atoms with E-state index in [1.54, 1.807) is 6.20 Å². The van der Waals surface area contributed by atoms with Gasteiger partial charge in [0.25, 0.3) is 5.56 Å². The number of H-pyrrole nitrogens is 1. The van der Waals surface area contributed by atoms with Gasteiger partial charge in [0.15, 0.2) is 0 Å². The van der Waals surface area contributed by atoms with E-state index < -0.39 is 0 Å². The van der Waals surface area contributed by atoms with Crippen LogP contribution in [0.4, 0.5) is 5.82 Å². The lowest BCUT2D eigenvalue weighted by atomic mass is 10.0. The fourth-order valence-electron chi connectivity index (χ4n) is 3.96. The summed E-state index contributed by atoms with van der Waals surface area (Å²) < 4.78 is 3.48. The summed E-state index contributed by atoms with van der Waals surface area (Å²) in [6, 6.07) is 6.46. The van der Waals surface area contributed by atoms with Crippen molar-refractivity contribution in [2.45, 2.75) is 43.9 Å². The van der Waals surface area contributed by atoms with Crippen LogP contribution >= 0.6 is 27.9 Å². The molecule has 3 heterocycles. The van der Waals surface area contributed by atoms with E-state index in [-0.39, 0.29) is 5.56 Å². The van der Waals surface area contributed by atoms with Gasteiger partial charge in [0.05, 0.1) is 10.9 Å². The highest BCUT2D eigenvalue weighted by molar-refractivity contribution is 9.10. The van der Waals surface area contributed by atoms with E-state index in [0.29, 0.717) is 11.4 Å². The lowest BCUT2D eigenvalue weighted by molar-refractivity contribution is 0.355. The molecule has 1 atom stereocenters. The first kappa shape index (κ1) is 18.5. The average Bonchev–Trinajstić information content (AvgIpc) is 3.49. The van der Waals surface area contributed by atoms with Crippen molar-refractivity contribution in [3.63, 3.8) is 0 Å². The third kappa shape index (κ3) is 3.55. The molecule has 5 rings (SSSR count). The van der Waals surface area contributed by atoms with Crippen molar-refractivity contribution in [2.75, 3.05) is 18.4 Å². The van der Waals surface area contributed by atoms with Gasteiger partial charge in [-0.15, -0.1) is 0 Å². The number of rotatable bonds is 4. The quantitative estimate of drug-likeness (QED) is 0.432. The number of benzene rings is 1. The monoisotopic (exact) mass is 458 g/mol. The van der Waals surface area contributed by atoms with Crippen LogP contribution in [0.25, 0.3) is 21.7 Å². The molecule has 1 saturated carbocycles. The number of aromatic amines is 1. The number of hydrogen-bond acceptors (Lipinski definition) is 5. The zero-order valence-corrected chi connectivity index (χ0v) is 18.2. The smallest absolute Gasteiger partial charge is 0.258 e. The maximum atomic E-state index is 12.6. The number of piperidine rings is 1. The Hall–Kier alpha value is -1.57. The molecule has 0 radical (unpaired) electrons. The van der Waals surface area contributed by atoms with E-state index in [9.17, 15) is 4.79 Å². The molecule has 2 N–H and O–H groups in total. The standard InChI is InChI=1S/C21H23BrN4OS/c1-12-10-23-21(27)18-17-9-13(22)4-7-16(17)20(25-19(12)18)24-14-3-2-8-26(11-14)28-15-5-6-15/h4,7,9-10,14-15H,2-3,5-6,8,11H2,1H3,(H,23,27)(H,24,25). The molecular weight excluding hydrogens is 436 g/mol. The van der Waals surface area contributed by atoms with Gasteiger partial charge in [0, 0.05) is 45.8 Å². The topological polar surface area (TPSA) is 61.0 Å². The lowest BCUT2D eigenvalue weighted by Gasteiger charge is -2.32. The van der Waals surface area contributed by atoms with Crippen molar-refractivity contribution in [1.29, 1.82) is 0 Å². The fraction of sp³-hybridized carbons (Fsp3) is 0.429. The molecule has 1 saturated heterocycles. The summed E-state index contributed by atoms with van der Waals surface area (Å²) in [4.78, 5) is 20.3. The lowest BCUT2D eigenvalue weighted by Crippen LogP contribution is -2.39. The van der Waals surface area contributed by atoms with E-state index in [2.05, 4.69) is 36.6 Å². The van der Waals surface area contributed by atoms with Crippen LogP contribution in [0.1, 0.15) is 31.2 Å². The Morgan fingerprint density at radius 1 is 1.29 bits per heavy atom. The summed E-state index contributed by atoms with van der Waals surface area (Å²) in [6.45, 7) is 4.20. The molecule has 146 valence electrons. The summed E-state index contributed by atoms with van der Waals surface area (Å²) in [7, 11) is 0. The molecule has 28 heavy (non-hydrogen) atoms. The average molecular weight is 459 g/mol. The van der Waals surface area contributed by atoms with Crippen molar-refractivity contribution in [1.82, 2.24) is 14.3 Å². The number of anilines is 1. The molecule has 2 aromatic heterocycles. The number of nitrogens with zero attached hydrogens (tertiary/aromatic N) is 2. The minimum absolute atomic E-state index is 0.0903. The summed E-state index contributed by atoms with van der Waals surface area (Å²) >= 11 is 5.59. The van der Waals surface area contributed by atoms with E-state index in [1.165, 1.54) is 25.8 Å². The number of hydrogen-bond donors (Lipinski definition) is 2. The fourth-order valence-corrected chi connectivity index (χ4v) is 5.59. The van der Waals surface area contributed by atoms with Crippen molar-refractivity contribution < 1.29 is 0 Å². The van der Waals surface area contributed by atoms with Crippen molar-refractivity contribution in [3.05, 3.63) is 44.8 Å². The van der Waals surface area contributed by atoms with Gasteiger partial charge in [0.2, 0.25) is 0 Å². The van der Waals surface area contributed by atoms with Crippen LogP contribution in [0, 0.1) is 6.92 Å². The molecule has 1 aromatic carbocycles. The van der Waals surface area contributed by atoms with Gasteiger partial charge in [-0.3, -0.25) is 4.79 Å². The number of aryl methyl sites for hydroxylation is 1. The summed E-state index contributed by atoms with van der Waals surface area (Å²) in [5.41, 5.74) is 1.67. The minimum Gasteiger partial charge on any atom is -0.365 e. The minimum atomic E-state index is -0.0903. The third-order valence-electron chi connectivity index (χ3n) is 5.53. The predicted molar refractivity (Wildman–Crippen MR) is 121 cm³/mol. The Bertz CT molecular complexity index is 1110. The molecule has 7 heteroatoms. The normalized spacial score (nSPS) is 20.7. The Labute approximate surface area is 176 Å². The Balaban J connectivity index is 1.56. The van der Waals surface area contributed by atoms with Crippen molar-refractivity contribution in [2.24, 2.45) is 0 Å². The maximum Gasteiger partial charge on any atom is 0.258 e. The van der Waals surface area contributed by atoms with Gasteiger partial charge in [-0.05, 0) is 56.4 Å². The molecule has 5 nitrogen and oxygen atoms in total. The summed E-state index contributed by atoms with van der Waals surface area (Å²) in [5.74, 6) is 0.881. The second-order valence-electron chi connectivity index (χ2n) is 7.85. The molecule has 0 amide bonds. The zero-order chi connectivity index (χ0) is 19.3. The SMILES string of the molecule is Cc1c[nH]c(=O)c2c1nc(NC1CCCN(SC3CC3)C1)c1ccc(Br)cc12. The second kappa shape index (κ2) is 7.35. The molecule has 1 aliphatic carbocycles. The van der Waals surface area contributed by atoms with Gasteiger partial charge < -0.3 is 10.3 Å². The van der Waals surface area contributed by atoms with E-state index in [4.69, 9.17) is 4.98 Å². The van der Waals surface area contributed by atoms with Gasteiger partial charge in [-0.2, -0.15) is 0 Å². The highest BCUT2D eigenvalue weighted by Crippen LogP contribution is 2.38. The van der Waals surface area contributed by atoms with Crippen LogP contribution in [0.15, 0.2) is 33.7 Å². The second-order valence-corrected chi connectivity index (χ2v) is 10.2. The van der Waals surface area contributed by atoms with Crippen LogP contribution in [-0.4, -0.2) is 38.7 Å². The van der Waals surface area contributed by atoms with Gasteiger partial charge >= 0.3 is 0 Å². The van der Waals surface area contributed by atoms with Crippen LogP contribution in [0.5, 0.6) is 0 Å².